The fraction of sp³-hybridized carbons (Fsp3) is 0.346. The number of carbonyl (C=O) groups is 9. The largest absolute Gasteiger partial charge is 0.489 e. The SMILES string of the molecule is [2H]c1c([2H])c(C([2H])([2H])Oc2cccc3c2CN(C2CCC(=C)NC2=O)C3=O)c([2H])c([2H])c1C([2H])N1CCOCC1=O.[2H]c1cc(C([2H])([2H])N2CCOCC2=O)c([2H])c([2H])c1C([2H])([2H])Oc1cccc2c1CN(C1CCC(=C)NC1=O)C2=O.[2H]c1cc(C([2H])([2H])Oc2cccc3c2CN(C2CCC(=C)NC2=O)C3=O)c([2H])c([2H])c1C([2H])([2H])N1CCOCC1=O. The van der Waals surface area contributed by atoms with Crippen molar-refractivity contribution in [2.24, 2.45) is 0 Å². The van der Waals surface area contributed by atoms with Crippen LogP contribution in [-0.4, -0.2) is 160 Å². The minimum atomic E-state index is -2.89. The molecule has 102 heavy (non-hydrogen) atoms. The molecule has 0 spiro atoms. The number of benzene rings is 6. The highest BCUT2D eigenvalue weighted by Gasteiger charge is 2.43. The van der Waals surface area contributed by atoms with Gasteiger partial charge in [-0.2, -0.15) is 0 Å². The molecule has 3 N–H and O–H groups in total. The number of hydrogen-bond donors (Lipinski definition) is 3. The van der Waals surface area contributed by atoms with Crippen molar-refractivity contribution in [3.63, 3.8) is 0 Å². The maximum atomic E-state index is 13.2. The summed E-state index contributed by atoms with van der Waals surface area (Å²) in [5.41, 5.74) is 0.232. The maximum absolute atomic E-state index is 13.2. The van der Waals surface area contributed by atoms with Gasteiger partial charge in [0.1, 0.15) is 74.9 Å². The molecule has 0 aromatic heterocycles. The molecule has 4 atom stereocenters. The van der Waals surface area contributed by atoms with Crippen molar-refractivity contribution in [3.8, 4) is 17.2 Å². The summed E-state index contributed by atoms with van der Waals surface area (Å²) in [7, 11) is 0. The molecule has 6 aromatic carbocycles. The normalized spacial score (nSPS) is 24.4. The Kier molecular flexibility index (Phi) is 14.7. The number of rotatable bonds is 18. The van der Waals surface area contributed by atoms with Crippen LogP contribution < -0.4 is 30.2 Å². The number of carbonyl (C=O) groups excluding carboxylic acids is 9. The molecule has 6 aromatic rings. The molecule has 9 heterocycles. The van der Waals surface area contributed by atoms with E-state index in [-0.39, 0.29) is 136 Å². The number of piperidine rings is 3. The average Bonchev–Trinajstić information content (AvgIpc) is 1.40. The topological polar surface area (TPSA) is 265 Å². The molecule has 24 nitrogen and oxygen atoms in total. The van der Waals surface area contributed by atoms with Crippen LogP contribution in [0.4, 0.5) is 0 Å². The molecule has 4 unspecified atom stereocenters. The van der Waals surface area contributed by atoms with Gasteiger partial charge in [-0.3, -0.25) is 43.2 Å². The Morgan fingerprint density at radius 1 is 0.412 bits per heavy atom. The van der Waals surface area contributed by atoms with Crippen LogP contribution >= 0.6 is 0 Å². The molecule has 9 aliphatic rings. The molecule has 15 rings (SSSR count). The highest BCUT2D eigenvalue weighted by Crippen LogP contribution is 2.38. The molecular formula is C78H81N9O15. The van der Waals surface area contributed by atoms with Crippen LogP contribution in [0.25, 0.3) is 0 Å². The Balaban J connectivity index is 0.000000159. The fourth-order valence-electron chi connectivity index (χ4n) is 12.3. The zero-order chi connectivity index (χ0) is 89.5. The van der Waals surface area contributed by atoms with Crippen molar-refractivity contribution in [1.82, 2.24) is 45.3 Å². The van der Waals surface area contributed by atoms with E-state index in [2.05, 4.69) is 35.7 Å². The van der Waals surface area contributed by atoms with Crippen molar-refractivity contribution in [2.75, 3.05) is 59.3 Å². The summed E-state index contributed by atoms with van der Waals surface area (Å²) in [6, 6.07) is 6.04. The standard InChI is InChI=1S/3C26H27N3O5/c3*1-17-5-10-22(25(31)27-17)29-14-21-20(26(29)32)3-2-4-23(21)34-15-19-8-6-18(7-9-19)13-28-11-12-33-16-24(28)30/h3*2-4,6-9,22H,1,5,10-16H2,(H,27,31)/i6D,7D,8D,9D,13D,15D2;6D,8D,9D,13D2,15D2;6D,7D,8D,13D2,15D2. The van der Waals surface area contributed by atoms with E-state index in [0.717, 1.165) is 26.8 Å². The average molecular weight is 1410 g/mol. The van der Waals surface area contributed by atoms with Crippen LogP contribution in [0, 0.1) is 0 Å². The zero-order valence-electron chi connectivity index (χ0n) is 75.8. The van der Waals surface area contributed by atoms with Crippen molar-refractivity contribution >= 4 is 53.2 Å². The summed E-state index contributed by atoms with van der Waals surface area (Å²) in [5.74, 6) is -4.30. The van der Waals surface area contributed by atoms with E-state index in [9.17, 15) is 43.2 Å². The number of morpholine rings is 3. The first kappa shape index (κ1) is 48.0. The van der Waals surface area contributed by atoms with E-state index in [1.807, 2.05) is 0 Å². The van der Waals surface area contributed by atoms with Gasteiger partial charge in [-0.25, -0.2) is 0 Å². The van der Waals surface area contributed by atoms with Crippen LogP contribution in [0.3, 0.4) is 0 Å². The first-order valence-electron chi connectivity index (χ1n) is 43.1. The Bertz CT molecular complexity index is 5460. The molecule has 9 amide bonds. The van der Waals surface area contributed by atoms with Crippen molar-refractivity contribution in [1.29, 1.82) is 0 Å². The molecule has 9 aliphatic heterocycles. The highest BCUT2D eigenvalue weighted by molar-refractivity contribution is 6.04. The van der Waals surface area contributed by atoms with E-state index in [4.69, 9.17) is 57.2 Å². The van der Waals surface area contributed by atoms with Crippen molar-refractivity contribution in [3.05, 3.63) is 231 Å². The third-order valence-corrected chi connectivity index (χ3v) is 17.5. The van der Waals surface area contributed by atoms with Gasteiger partial charge in [-0.05, 0) is 108 Å². The smallest absolute Gasteiger partial charge is 0.255 e. The maximum Gasteiger partial charge on any atom is 0.255 e. The van der Waals surface area contributed by atoms with Crippen molar-refractivity contribution < 1.29 is 100 Å². The Morgan fingerprint density at radius 2 is 0.745 bits per heavy atom. The Hall–Kier alpha value is -11.0. The predicted octanol–water partition coefficient (Wildman–Crippen LogP) is 7.12. The van der Waals surface area contributed by atoms with Crippen LogP contribution in [0.2, 0.25) is 0 Å². The van der Waals surface area contributed by atoms with E-state index in [0.29, 0.717) is 72.3 Å². The van der Waals surface area contributed by atoms with Gasteiger partial charge < -0.3 is 73.8 Å². The van der Waals surface area contributed by atoms with Gasteiger partial charge >= 0.3 is 0 Å². The van der Waals surface area contributed by atoms with Crippen LogP contribution in [0.5, 0.6) is 17.2 Å². The van der Waals surface area contributed by atoms with E-state index in [1.165, 1.54) is 63.2 Å². The summed E-state index contributed by atoms with van der Waals surface area (Å²) in [4.78, 5) is 121. The number of nitrogens with zero attached hydrogens (tertiary/aromatic N) is 6. The van der Waals surface area contributed by atoms with Crippen LogP contribution in [-0.2, 0) is 102 Å². The minimum Gasteiger partial charge on any atom is -0.489 e. The number of ether oxygens (including phenoxy) is 6. The van der Waals surface area contributed by atoms with Gasteiger partial charge in [0, 0.05) is 89.6 Å². The number of amides is 9. The van der Waals surface area contributed by atoms with Crippen molar-refractivity contribution in [2.45, 2.75) is 115 Å². The number of hydrogen-bond acceptors (Lipinski definition) is 15. The monoisotopic (exact) mass is 1400 g/mol. The summed E-state index contributed by atoms with van der Waals surface area (Å²) in [6.45, 7) is -4.88. The lowest BCUT2D eigenvalue weighted by molar-refractivity contribution is -0.144. The molecule has 24 heteroatoms. The van der Waals surface area contributed by atoms with Gasteiger partial charge in [0.15, 0.2) is 0 Å². The quantitative estimate of drug-likeness (QED) is 0.0774. The third-order valence-electron chi connectivity index (χ3n) is 17.5. The van der Waals surface area contributed by atoms with E-state index < -0.39 is 181 Å². The second-order valence-corrected chi connectivity index (χ2v) is 24.3. The van der Waals surface area contributed by atoms with Gasteiger partial charge in [-0.15, -0.1) is 0 Å². The molecule has 6 saturated heterocycles. The number of nitrogens with one attached hydrogen (secondary N) is 3. The van der Waals surface area contributed by atoms with E-state index in [1.54, 1.807) is 6.07 Å². The number of fused-ring (bicyclic) bond motifs is 3. The van der Waals surface area contributed by atoms with Gasteiger partial charge in [-0.1, -0.05) is 110 Å². The molecule has 0 bridgehead atoms. The summed E-state index contributed by atoms with van der Waals surface area (Å²) >= 11 is 0. The molecular weight excluding hydrogens is 1300 g/mol. The highest BCUT2D eigenvalue weighted by atomic mass is 16.5. The van der Waals surface area contributed by atoms with Crippen LogP contribution in [0.1, 0.15) is 148 Å². The molecule has 0 aliphatic carbocycles. The third kappa shape index (κ3) is 15.9. The fourth-order valence-corrected chi connectivity index (χ4v) is 12.3. The van der Waals surface area contributed by atoms with Gasteiger partial charge in [0.25, 0.3) is 17.7 Å². The van der Waals surface area contributed by atoms with Crippen LogP contribution in [0.15, 0.2) is 164 Å². The van der Waals surface area contributed by atoms with E-state index >= 15 is 0 Å². The Morgan fingerprint density at radius 3 is 1.16 bits per heavy atom. The summed E-state index contributed by atoms with van der Waals surface area (Å²) in [5, 5.41) is 7.95. The first-order valence-corrected chi connectivity index (χ1v) is 32.5. The molecule has 528 valence electrons. The lowest BCUT2D eigenvalue weighted by Gasteiger charge is -2.31. The summed E-state index contributed by atoms with van der Waals surface area (Å²) < 4.78 is 211. The minimum absolute atomic E-state index is 0.0141. The molecule has 0 radical (unpaired) electrons. The second-order valence-electron chi connectivity index (χ2n) is 24.3. The lowest BCUT2D eigenvalue weighted by Crippen LogP contribution is -2.49. The molecule has 0 saturated carbocycles. The van der Waals surface area contributed by atoms with Gasteiger partial charge in [0.2, 0.25) is 35.4 Å². The summed E-state index contributed by atoms with van der Waals surface area (Å²) in [6.07, 6.45) is 2.66. The number of allylic oxidation sites excluding steroid dienone is 3. The molecule has 6 fully saturated rings. The zero-order valence-corrected chi connectivity index (χ0v) is 54.8. The first-order chi connectivity index (χ1) is 57.8. The Labute approximate surface area is 620 Å². The second kappa shape index (κ2) is 31.3. The van der Waals surface area contributed by atoms with Gasteiger partial charge in [0.05, 0.1) is 68.2 Å². The lowest BCUT2D eigenvalue weighted by atomic mass is 10.0. The predicted molar refractivity (Wildman–Crippen MR) is 371 cm³/mol.